The van der Waals surface area contributed by atoms with E-state index in [0.29, 0.717) is 46.2 Å². The molecule has 1 atom stereocenters. The third kappa shape index (κ3) is 5.60. The summed E-state index contributed by atoms with van der Waals surface area (Å²) < 4.78 is 11.5. The monoisotopic (exact) mass is 483 g/mol. The summed E-state index contributed by atoms with van der Waals surface area (Å²) in [6.45, 7) is 4.26. The molecular weight excluding hydrogens is 454 g/mol. The van der Waals surface area contributed by atoms with Crippen molar-refractivity contribution in [1.29, 1.82) is 0 Å². The number of rotatable bonds is 9. The van der Waals surface area contributed by atoms with Gasteiger partial charge in [0.15, 0.2) is 0 Å². The fraction of sp³-hybridized carbons (Fsp3) is 0.214. The molecule has 4 aromatic rings. The van der Waals surface area contributed by atoms with Crippen LogP contribution in [0.3, 0.4) is 0 Å². The van der Waals surface area contributed by atoms with Crippen molar-refractivity contribution in [2.45, 2.75) is 26.2 Å². The van der Waals surface area contributed by atoms with Crippen LogP contribution in [0.25, 0.3) is 11.3 Å². The van der Waals surface area contributed by atoms with Gasteiger partial charge in [0.25, 0.3) is 5.91 Å². The number of pyridine rings is 1. The quantitative estimate of drug-likeness (QED) is 0.295. The second-order valence-electron chi connectivity index (χ2n) is 8.22. The molecule has 0 saturated carbocycles. The van der Waals surface area contributed by atoms with E-state index in [-0.39, 0.29) is 5.91 Å². The number of aromatic nitrogens is 3. The van der Waals surface area contributed by atoms with Gasteiger partial charge in [-0.25, -0.2) is 15.0 Å². The van der Waals surface area contributed by atoms with Crippen LogP contribution < -0.4 is 20.1 Å². The smallest absolute Gasteiger partial charge is 0.259 e. The van der Waals surface area contributed by atoms with Crippen LogP contribution in [0.1, 0.15) is 42.1 Å². The van der Waals surface area contributed by atoms with Crippen LogP contribution in [0.15, 0.2) is 73.1 Å². The third-order valence-corrected chi connectivity index (χ3v) is 5.88. The molecular formula is C28H29N5O3. The van der Waals surface area contributed by atoms with Gasteiger partial charge in [0.05, 0.1) is 23.9 Å². The first-order valence-corrected chi connectivity index (χ1v) is 11.8. The SMILES string of the molecule is CCC(C)c1ccc(OC)c(C(=O)Nc2cccc(Oc3ncccc3-c3ccnc(NC)n3)c2)c1. The molecule has 1 amide bonds. The molecule has 0 aliphatic heterocycles. The average molecular weight is 484 g/mol. The molecule has 4 rings (SSSR count). The minimum atomic E-state index is -0.256. The molecule has 184 valence electrons. The predicted molar refractivity (Wildman–Crippen MR) is 141 cm³/mol. The first-order chi connectivity index (χ1) is 17.5. The van der Waals surface area contributed by atoms with E-state index in [2.05, 4.69) is 39.4 Å². The van der Waals surface area contributed by atoms with Gasteiger partial charge in [0.1, 0.15) is 11.5 Å². The molecule has 0 spiro atoms. The Morgan fingerprint density at radius 2 is 1.89 bits per heavy atom. The van der Waals surface area contributed by atoms with E-state index in [1.54, 1.807) is 50.8 Å². The fourth-order valence-corrected chi connectivity index (χ4v) is 3.69. The Kier molecular flexibility index (Phi) is 7.75. The lowest BCUT2D eigenvalue weighted by atomic mass is 9.96. The van der Waals surface area contributed by atoms with Crippen molar-refractivity contribution in [3.8, 4) is 28.6 Å². The molecule has 0 bridgehead atoms. The second-order valence-corrected chi connectivity index (χ2v) is 8.22. The van der Waals surface area contributed by atoms with E-state index in [1.165, 1.54) is 0 Å². The number of carbonyl (C=O) groups excluding carboxylic acids is 1. The number of hydrogen-bond donors (Lipinski definition) is 2. The largest absolute Gasteiger partial charge is 0.496 e. The summed E-state index contributed by atoms with van der Waals surface area (Å²) in [6, 6.07) is 18.4. The molecule has 0 radical (unpaired) electrons. The highest BCUT2D eigenvalue weighted by Gasteiger charge is 2.16. The van der Waals surface area contributed by atoms with Crippen molar-refractivity contribution < 1.29 is 14.3 Å². The summed E-state index contributed by atoms with van der Waals surface area (Å²) in [6.07, 6.45) is 4.31. The maximum Gasteiger partial charge on any atom is 0.259 e. The molecule has 36 heavy (non-hydrogen) atoms. The maximum absolute atomic E-state index is 13.2. The van der Waals surface area contributed by atoms with Crippen LogP contribution in [0.4, 0.5) is 11.6 Å². The number of ether oxygens (including phenoxy) is 2. The fourth-order valence-electron chi connectivity index (χ4n) is 3.69. The summed E-state index contributed by atoms with van der Waals surface area (Å²) >= 11 is 0. The Bertz CT molecular complexity index is 1360. The first-order valence-electron chi connectivity index (χ1n) is 11.8. The summed E-state index contributed by atoms with van der Waals surface area (Å²) in [7, 11) is 3.32. The van der Waals surface area contributed by atoms with Crippen molar-refractivity contribution in [2.24, 2.45) is 0 Å². The van der Waals surface area contributed by atoms with Crippen molar-refractivity contribution in [3.05, 3.63) is 84.2 Å². The van der Waals surface area contributed by atoms with Gasteiger partial charge in [-0.3, -0.25) is 4.79 Å². The Balaban J connectivity index is 1.57. The van der Waals surface area contributed by atoms with Gasteiger partial charge in [-0.2, -0.15) is 0 Å². The topological polar surface area (TPSA) is 98.3 Å². The Morgan fingerprint density at radius 3 is 2.67 bits per heavy atom. The summed E-state index contributed by atoms with van der Waals surface area (Å²) in [5, 5.41) is 5.89. The number of hydrogen-bond acceptors (Lipinski definition) is 7. The Morgan fingerprint density at radius 1 is 1.03 bits per heavy atom. The lowest BCUT2D eigenvalue weighted by Crippen LogP contribution is -2.14. The van der Waals surface area contributed by atoms with E-state index in [4.69, 9.17) is 9.47 Å². The van der Waals surface area contributed by atoms with Crippen molar-refractivity contribution in [3.63, 3.8) is 0 Å². The zero-order chi connectivity index (χ0) is 25.5. The van der Waals surface area contributed by atoms with Crippen LogP contribution in [0.5, 0.6) is 17.4 Å². The minimum Gasteiger partial charge on any atom is -0.496 e. The zero-order valence-electron chi connectivity index (χ0n) is 20.8. The molecule has 2 aromatic carbocycles. The van der Waals surface area contributed by atoms with Crippen molar-refractivity contribution >= 4 is 17.5 Å². The lowest BCUT2D eigenvalue weighted by Gasteiger charge is -2.15. The molecule has 8 heteroatoms. The second kappa shape index (κ2) is 11.3. The molecule has 0 fully saturated rings. The average Bonchev–Trinajstić information content (AvgIpc) is 2.92. The first kappa shape index (κ1) is 24.7. The highest BCUT2D eigenvalue weighted by atomic mass is 16.5. The maximum atomic E-state index is 13.2. The van der Waals surface area contributed by atoms with Crippen LogP contribution in [-0.4, -0.2) is 35.0 Å². The zero-order valence-corrected chi connectivity index (χ0v) is 20.8. The van der Waals surface area contributed by atoms with Gasteiger partial charge >= 0.3 is 0 Å². The highest BCUT2D eigenvalue weighted by Crippen LogP contribution is 2.32. The molecule has 0 saturated heterocycles. The van der Waals surface area contributed by atoms with Crippen LogP contribution >= 0.6 is 0 Å². The number of nitrogens with one attached hydrogen (secondary N) is 2. The number of methoxy groups -OCH3 is 1. The van der Waals surface area contributed by atoms with Gasteiger partial charge in [-0.15, -0.1) is 0 Å². The molecule has 2 heterocycles. The van der Waals surface area contributed by atoms with Gasteiger partial charge in [-0.05, 0) is 60.4 Å². The van der Waals surface area contributed by atoms with Crippen molar-refractivity contribution in [1.82, 2.24) is 15.0 Å². The Labute approximate surface area is 210 Å². The number of nitrogens with zero attached hydrogens (tertiary/aromatic N) is 3. The summed E-state index contributed by atoms with van der Waals surface area (Å²) in [4.78, 5) is 26.2. The number of benzene rings is 2. The van der Waals surface area contributed by atoms with Crippen LogP contribution in [0, 0.1) is 0 Å². The van der Waals surface area contributed by atoms with Gasteiger partial charge in [0.2, 0.25) is 11.8 Å². The van der Waals surface area contributed by atoms with Crippen molar-refractivity contribution in [2.75, 3.05) is 24.8 Å². The van der Waals surface area contributed by atoms with E-state index >= 15 is 0 Å². The molecule has 0 aliphatic rings. The predicted octanol–water partition coefficient (Wildman–Crippen LogP) is 6.15. The van der Waals surface area contributed by atoms with E-state index < -0.39 is 0 Å². The minimum absolute atomic E-state index is 0.256. The normalized spacial score (nSPS) is 11.4. The summed E-state index contributed by atoms with van der Waals surface area (Å²) in [5.41, 5.74) is 3.56. The molecule has 1 unspecified atom stereocenters. The van der Waals surface area contributed by atoms with E-state index in [0.717, 1.165) is 17.5 Å². The molecule has 2 N–H and O–H groups in total. The van der Waals surface area contributed by atoms with Gasteiger partial charge in [-0.1, -0.05) is 26.0 Å². The van der Waals surface area contributed by atoms with E-state index in [9.17, 15) is 4.79 Å². The summed E-state index contributed by atoms with van der Waals surface area (Å²) in [5.74, 6) is 2.02. The number of anilines is 2. The number of carbonyl (C=O) groups is 1. The molecule has 8 nitrogen and oxygen atoms in total. The number of amides is 1. The molecule has 0 aliphatic carbocycles. The van der Waals surface area contributed by atoms with Gasteiger partial charge < -0.3 is 20.1 Å². The standard InChI is InChI=1S/C28H29N5O3/c1-5-18(2)19-11-12-25(35-4)23(16-19)26(34)32-20-8-6-9-21(17-20)36-27-22(10-7-14-30-27)24-13-15-31-28(29-3)33-24/h6-18H,5H2,1-4H3,(H,32,34)(H,29,31,33). The highest BCUT2D eigenvalue weighted by molar-refractivity contribution is 6.06. The van der Waals surface area contributed by atoms with Gasteiger partial charge in [0, 0.05) is 31.2 Å². The Hall–Kier alpha value is -4.46. The van der Waals surface area contributed by atoms with Crippen LogP contribution in [0.2, 0.25) is 0 Å². The molecule has 2 aromatic heterocycles. The van der Waals surface area contributed by atoms with Crippen LogP contribution in [-0.2, 0) is 0 Å². The third-order valence-electron chi connectivity index (χ3n) is 5.88. The lowest BCUT2D eigenvalue weighted by molar-refractivity contribution is 0.102. The van der Waals surface area contributed by atoms with E-state index in [1.807, 2.05) is 36.4 Å².